The van der Waals surface area contributed by atoms with Gasteiger partial charge in [-0.3, -0.25) is 0 Å². The Kier molecular flexibility index (Phi) is 5.12. The Morgan fingerprint density at radius 2 is 2.16 bits per heavy atom. The van der Waals surface area contributed by atoms with Gasteiger partial charge in [0.1, 0.15) is 0 Å². The van der Waals surface area contributed by atoms with E-state index in [9.17, 15) is 0 Å². The molecular weight excluding hydrogens is 322 g/mol. The summed E-state index contributed by atoms with van der Waals surface area (Å²) in [6, 6.07) is 8.37. The van der Waals surface area contributed by atoms with Crippen LogP contribution in [0.5, 0.6) is 0 Å². The lowest BCUT2D eigenvalue weighted by atomic mass is 9.93. The Bertz CT molecular complexity index is 548. The molecule has 0 aliphatic heterocycles. The Hall–Kier alpha value is -0.730. The first kappa shape index (κ1) is 14.7. The molecule has 2 aromatic rings. The van der Waals surface area contributed by atoms with E-state index in [2.05, 4.69) is 58.8 Å². The molecule has 1 aromatic heterocycles. The first-order chi connectivity index (χ1) is 9.17. The van der Waals surface area contributed by atoms with Crippen molar-refractivity contribution in [1.82, 2.24) is 4.98 Å². The number of alkyl halides is 2. The number of nitrogens with one attached hydrogen (secondary N) is 1. The fourth-order valence-electron chi connectivity index (χ4n) is 2.40. The number of fused-ring (bicyclic) bond motifs is 1. The highest BCUT2D eigenvalue weighted by atomic mass is 79.9. The third kappa shape index (κ3) is 3.24. The fraction of sp³-hybridized carbons (Fsp3) is 0.375. The number of para-hydroxylation sites is 1. The van der Waals surface area contributed by atoms with Crippen LogP contribution >= 0.6 is 27.5 Å². The van der Waals surface area contributed by atoms with Crippen molar-refractivity contribution in [1.29, 1.82) is 0 Å². The predicted octanol–water partition coefficient (Wildman–Crippen LogP) is 5.61. The first-order valence-electron chi connectivity index (χ1n) is 6.64. The predicted molar refractivity (Wildman–Crippen MR) is 88.5 cm³/mol. The Balaban J connectivity index is 2.24. The molecule has 3 atom stereocenters. The van der Waals surface area contributed by atoms with E-state index in [1.807, 2.05) is 12.1 Å². The number of aromatic nitrogens is 1. The quantitative estimate of drug-likeness (QED) is 0.520. The van der Waals surface area contributed by atoms with Crippen LogP contribution in [0.2, 0.25) is 0 Å². The first-order valence-corrected chi connectivity index (χ1v) is 7.99. The van der Waals surface area contributed by atoms with E-state index in [4.69, 9.17) is 11.6 Å². The summed E-state index contributed by atoms with van der Waals surface area (Å²) in [5.41, 5.74) is 2.48. The maximum Gasteiger partial charge on any atom is 0.0458 e. The molecule has 0 amide bonds. The summed E-state index contributed by atoms with van der Waals surface area (Å²) in [7, 11) is 0. The van der Waals surface area contributed by atoms with E-state index < -0.39 is 0 Å². The van der Waals surface area contributed by atoms with Gasteiger partial charge in [-0.25, -0.2) is 0 Å². The highest BCUT2D eigenvalue weighted by Gasteiger charge is 2.21. The maximum absolute atomic E-state index is 6.31. The van der Waals surface area contributed by atoms with Gasteiger partial charge in [0.05, 0.1) is 0 Å². The van der Waals surface area contributed by atoms with Crippen LogP contribution in [0.4, 0.5) is 0 Å². The molecule has 19 heavy (non-hydrogen) atoms. The van der Waals surface area contributed by atoms with Crippen LogP contribution in [-0.2, 0) is 0 Å². The number of allylic oxidation sites excluding steroid dienone is 1. The third-order valence-corrected chi connectivity index (χ3v) is 5.50. The van der Waals surface area contributed by atoms with E-state index in [0.717, 1.165) is 12.8 Å². The molecule has 0 aliphatic carbocycles. The number of hydrogen-bond donors (Lipinski definition) is 1. The highest BCUT2D eigenvalue weighted by Crippen LogP contribution is 2.33. The lowest BCUT2D eigenvalue weighted by Gasteiger charge is -2.19. The smallest absolute Gasteiger partial charge is 0.0458 e. The van der Waals surface area contributed by atoms with Crippen LogP contribution in [0.1, 0.15) is 31.2 Å². The number of hydrogen-bond acceptors (Lipinski definition) is 0. The summed E-state index contributed by atoms with van der Waals surface area (Å²) < 4.78 is 0. The topological polar surface area (TPSA) is 15.8 Å². The molecule has 0 radical (unpaired) electrons. The lowest BCUT2D eigenvalue weighted by Crippen LogP contribution is -2.16. The monoisotopic (exact) mass is 339 g/mol. The van der Waals surface area contributed by atoms with E-state index in [-0.39, 0.29) is 5.38 Å². The van der Waals surface area contributed by atoms with Crippen LogP contribution in [0.3, 0.4) is 0 Å². The van der Waals surface area contributed by atoms with Crippen molar-refractivity contribution in [2.45, 2.75) is 35.9 Å². The third-order valence-electron chi connectivity index (χ3n) is 3.57. The van der Waals surface area contributed by atoms with Gasteiger partial charge in [0, 0.05) is 33.2 Å². The Morgan fingerprint density at radius 3 is 2.84 bits per heavy atom. The van der Waals surface area contributed by atoms with Crippen LogP contribution in [0.25, 0.3) is 10.9 Å². The summed E-state index contributed by atoms with van der Waals surface area (Å²) in [5.74, 6) is 0.313. The van der Waals surface area contributed by atoms with Crippen LogP contribution in [0, 0.1) is 0 Å². The van der Waals surface area contributed by atoms with E-state index >= 15 is 0 Å². The number of halogens is 2. The molecule has 0 bridgehead atoms. The number of rotatable bonds is 6. The second-order valence-corrected chi connectivity index (χ2v) is 6.54. The molecule has 1 heterocycles. The standard InChI is InChI=1S/C16H19BrClN/c1-3-11(9-14(17)15(18)4-2)13-10-19-16-8-6-5-7-12(13)16/h3,5-8,10-11,14-15,19H,1,4,9H2,2H3. The molecule has 1 aromatic carbocycles. The van der Waals surface area contributed by atoms with Crippen LogP contribution < -0.4 is 0 Å². The molecular formula is C16H19BrClN. The average molecular weight is 341 g/mol. The normalized spacial score (nSPS) is 16.2. The van der Waals surface area contributed by atoms with Crippen molar-refractivity contribution >= 4 is 38.4 Å². The minimum atomic E-state index is 0.160. The van der Waals surface area contributed by atoms with Crippen LogP contribution in [-0.4, -0.2) is 15.2 Å². The molecule has 3 heteroatoms. The molecule has 0 saturated carbocycles. The van der Waals surface area contributed by atoms with E-state index in [0.29, 0.717) is 10.7 Å². The molecule has 3 unspecified atom stereocenters. The average Bonchev–Trinajstić information content (AvgIpc) is 2.87. The van der Waals surface area contributed by atoms with Gasteiger partial charge in [0.2, 0.25) is 0 Å². The van der Waals surface area contributed by atoms with Gasteiger partial charge in [-0.05, 0) is 24.5 Å². The molecule has 0 aliphatic rings. The van der Waals surface area contributed by atoms with Crippen molar-refractivity contribution in [2.24, 2.45) is 0 Å². The summed E-state index contributed by atoms with van der Waals surface area (Å²) in [4.78, 5) is 3.63. The largest absolute Gasteiger partial charge is 0.361 e. The van der Waals surface area contributed by atoms with Crippen molar-refractivity contribution in [3.8, 4) is 0 Å². The second kappa shape index (κ2) is 6.62. The van der Waals surface area contributed by atoms with E-state index in [1.165, 1.54) is 16.5 Å². The molecule has 1 N–H and O–H groups in total. The summed E-state index contributed by atoms with van der Waals surface area (Å²) in [6.07, 6.45) is 6.04. The zero-order valence-electron chi connectivity index (χ0n) is 11.1. The molecule has 102 valence electrons. The summed E-state index contributed by atoms with van der Waals surface area (Å²) >= 11 is 10.0. The zero-order valence-corrected chi connectivity index (χ0v) is 13.4. The van der Waals surface area contributed by atoms with Gasteiger partial charge in [-0.1, -0.05) is 47.1 Å². The summed E-state index contributed by atoms with van der Waals surface area (Å²) in [6.45, 7) is 6.10. The summed E-state index contributed by atoms with van der Waals surface area (Å²) in [5, 5.41) is 1.43. The van der Waals surface area contributed by atoms with Gasteiger partial charge >= 0.3 is 0 Å². The second-order valence-electron chi connectivity index (χ2n) is 4.81. The van der Waals surface area contributed by atoms with Gasteiger partial charge in [0.25, 0.3) is 0 Å². The molecule has 2 rings (SSSR count). The van der Waals surface area contributed by atoms with Gasteiger partial charge in [0.15, 0.2) is 0 Å². The van der Waals surface area contributed by atoms with Gasteiger partial charge in [-0.2, -0.15) is 0 Å². The highest BCUT2D eigenvalue weighted by molar-refractivity contribution is 9.09. The molecule has 1 nitrogen and oxygen atoms in total. The zero-order chi connectivity index (χ0) is 13.8. The minimum Gasteiger partial charge on any atom is -0.361 e. The Labute approximate surface area is 128 Å². The fourth-order valence-corrected chi connectivity index (χ4v) is 3.28. The van der Waals surface area contributed by atoms with Crippen molar-refractivity contribution in [3.63, 3.8) is 0 Å². The Morgan fingerprint density at radius 1 is 1.42 bits per heavy atom. The molecule has 0 fully saturated rings. The van der Waals surface area contributed by atoms with Gasteiger partial charge < -0.3 is 4.98 Å². The van der Waals surface area contributed by atoms with E-state index in [1.54, 1.807) is 0 Å². The van der Waals surface area contributed by atoms with Crippen molar-refractivity contribution in [2.75, 3.05) is 0 Å². The molecule has 0 spiro atoms. The molecule has 0 saturated heterocycles. The number of H-pyrrole nitrogens is 1. The lowest BCUT2D eigenvalue weighted by molar-refractivity contribution is 0.661. The minimum absolute atomic E-state index is 0.160. The number of aromatic amines is 1. The van der Waals surface area contributed by atoms with Crippen molar-refractivity contribution < 1.29 is 0 Å². The van der Waals surface area contributed by atoms with Crippen LogP contribution in [0.15, 0.2) is 43.1 Å². The SMILES string of the molecule is C=CC(CC(Br)C(Cl)CC)c1c[nH]c2ccccc12. The van der Waals surface area contributed by atoms with Crippen molar-refractivity contribution in [3.05, 3.63) is 48.7 Å². The maximum atomic E-state index is 6.31. The number of benzene rings is 1. The van der Waals surface area contributed by atoms with Gasteiger partial charge in [-0.15, -0.1) is 18.2 Å².